The fourth-order valence-electron chi connectivity index (χ4n) is 2.13. The maximum absolute atomic E-state index is 12.3. The van der Waals surface area contributed by atoms with Crippen LogP contribution in [0.2, 0.25) is 10.0 Å². The lowest BCUT2D eigenvalue weighted by Crippen LogP contribution is -2.13. The first-order valence-corrected chi connectivity index (χ1v) is 8.19. The first kappa shape index (κ1) is 17.2. The zero-order valence-electron chi connectivity index (χ0n) is 13.3. The number of anilines is 3. The summed E-state index contributed by atoms with van der Waals surface area (Å²) in [6.45, 7) is 1.87. The Kier molecular flexibility index (Phi) is 5.16. The summed E-state index contributed by atoms with van der Waals surface area (Å²) in [7, 11) is 0. The fraction of sp³-hybridized carbons (Fsp3) is 0.0556. The molecule has 25 heavy (non-hydrogen) atoms. The number of carbonyl (C=O) groups excluding carboxylic acids is 1. The number of aromatic nitrogens is 2. The molecule has 0 aliphatic carbocycles. The lowest BCUT2D eigenvalue weighted by molar-refractivity contribution is 0.102. The van der Waals surface area contributed by atoms with Gasteiger partial charge in [0, 0.05) is 33.8 Å². The van der Waals surface area contributed by atoms with Crippen LogP contribution in [0.5, 0.6) is 0 Å². The lowest BCUT2D eigenvalue weighted by Gasteiger charge is -2.09. The molecule has 0 spiro atoms. The summed E-state index contributed by atoms with van der Waals surface area (Å²) in [5.74, 6) is 0.102. The summed E-state index contributed by atoms with van der Waals surface area (Å²) < 4.78 is 0. The summed E-state index contributed by atoms with van der Waals surface area (Å²) in [5.41, 5.74) is 2.73. The molecule has 1 heterocycles. The lowest BCUT2D eigenvalue weighted by atomic mass is 10.2. The van der Waals surface area contributed by atoms with E-state index in [9.17, 15) is 4.79 Å². The van der Waals surface area contributed by atoms with Crippen LogP contribution in [0.3, 0.4) is 0 Å². The normalized spacial score (nSPS) is 10.4. The summed E-state index contributed by atoms with van der Waals surface area (Å²) in [6, 6.07) is 12.4. The smallest absolute Gasteiger partial charge is 0.258 e. The Morgan fingerprint density at radius 3 is 2.24 bits per heavy atom. The number of aryl methyl sites for hydroxylation is 1. The Bertz CT molecular complexity index is 896. The highest BCUT2D eigenvalue weighted by molar-refractivity contribution is 6.31. The molecule has 0 atom stereocenters. The highest BCUT2D eigenvalue weighted by atomic mass is 35.5. The van der Waals surface area contributed by atoms with Crippen molar-refractivity contribution >= 4 is 46.4 Å². The third-order valence-corrected chi connectivity index (χ3v) is 3.94. The first-order valence-electron chi connectivity index (χ1n) is 7.43. The van der Waals surface area contributed by atoms with E-state index in [0.717, 1.165) is 11.3 Å². The molecule has 1 amide bonds. The van der Waals surface area contributed by atoms with Crippen molar-refractivity contribution in [1.29, 1.82) is 0 Å². The number of amides is 1. The zero-order valence-corrected chi connectivity index (χ0v) is 14.8. The van der Waals surface area contributed by atoms with Crippen molar-refractivity contribution in [3.63, 3.8) is 0 Å². The molecule has 126 valence electrons. The number of nitrogens with zero attached hydrogens (tertiary/aromatic N) is 2. The second-order valence-corrected chi connectivity index (χ2v) is 6.21. The number of benzene rings is 2. The van der Waals surface area contributed by atoms with Gasteiger partial charge in [-0.05, 0) is 55.0 Å². The molecule has 2 N–H and O–H groups in total. The minimum Gasteiger partial charge on any atom is -0.324 e. The SMILES string of the molecule is Cc1cc(Cl)ccc1NC(=O)c1cnc(Nc2ccc(Cl)cc2)nc1. The molecular weight excluding hydrogens is 359 g/mol. The molecule has 0 bridgehead atoms. The molecule has 1 aromatic heterocycles. The number of rotatable bonds is 4. The molecule has 0 saturated heterocycles. The largest absolute Gasteiger partial charge is 0.324 e. The molecule has 0 aliphatic rings. The van der Waals surface area contributed by atoms with Crippen LogP contribution in [0.4, 0.5) is 17.3 Å². The summed E-state index contributed by atoms with van der Waals surface area (Å²) in [4.78, 5) is 20.6. The van der Waals surface area contributed by atoms with Gasteiger partial charge in [-0.2, -0.15) is 0 Å². The first-order chi connectivity index (χ1) is 12.0. The van der Waals surface area contributed by atoms with Gasteiger partial charge in [-0.15, -0.1) is 0 Å². The molecule has 0 unspecified atom stereocenters. The van der Waals surface area contributed by atoms with Crippen molar-refractivity contribution in [3.05, 3.63) is 76.0 Å². The number of carbonyl (C=O) groups is 1. The molecule has 0 aliphatic heterocycles. The van der Waals surface area contributed by atoms with E-state index in [1.165, 1.54) is 12.4 Å². The molecule has 2 aromatic carbocycles. The predicted octanol–water partition coefficient (Wildman–Crippen LogP) is 5.09. The Labute approximate surface area is 155 Å². The Morgan fingerprint density at radius 1 is 0.960 bits per heavy atom. The molecule has 0 fully saturated rings. The van der Waals surface area contributed by atoms with Crippen LogP contribution in [-0.4, -0.2) is 15.9 Å². The van der Waals surface area contributed by atoms with Crippen LogP contribution in [0.25, 0.3) is 0 Å². The van der Waals surface area contributed by atoms with E-state index in [-0.39, 0.29) is 5.91 Å². The van der Waals surface area contributed by atoms with Gasteiger partial charge in [0.05, 0.1) is 5.56 Å². The second-order valence-electron chi connectivity index (χ2n) is 5.34. The molecule has 0 radical (unpaired) electrons. The van der Waals surface area contributed by atoms with E-state index in [1.54, 1.807) is 30.3 Å². The van der Waals surface area contributed by atoms with E-state index in [2.05, 4.69) is 20.6 Å². The Morgan fingerprint density at radius 2 is 1.60 bits per heavy atom. The number of halogens is 2. The second kappa shape index (κ2) is 7.51. The van der Waals surface area contributed by atoms with E-state index in [4.69, 9.17) is 23.2 Å². The maximum Gasteiger partial charge on any atom is 0.258 e. The topological polar surface area (TPSA) is 66.9 Å². The summed E-state index contributed by atoms with van der Waals surface area (Å²) in [5, 5.41) is 7.12. The van der Waals surface area contributed by atoms with Gasteiger partial charge in [0.2, 0.25) is 5.95 Å². The van der Waals surface area contributed by atoms with E-state index >= 15 is 0 Å². The molecule has 3 rings (SSSR count). The molecule has 0 saturated carbocycles. The molecular formula is C18H14Cl2N4O. The maximum atomic E-state index is 12.3. The number of nitrogens with one attached hydrogen (secondary N) is 2. The van der Waals surface area contributed by atoms with Gasteiger partial charge in [0.1, 0.15) is 0 Å². The van der Waals surface area contributed by atoms with Gasteiger partial charge in [-0.1, -0.05) is 23.2 Å². The standard InChI is InChI=1S/C18H14Cl2N4O/c1-11-8-14(20)4-7-16(11)24-17(25)12-9-21-18(22-10-12)23-15-5-2-13(19)3-6-15/h2-10H,1H3,(H,24,25)(H,21,22,23). The van der Waals surface area contributed by atoms with Crippen LogP contribution in [-0.2, 0) is 0 Å². The van der Waals surface area contributed by atoms with Gasteiger partial charge in [-0.25, -0.2) is 9.97 Å². The van der Waals surface area contributed by atoms with E-state index in [0.29, 0.717) is 27.2 Å². The average Bonchev–Trinajstić information content (AvgIpc) is 2.60. The van der Waals surface area contributed by atoms with Crippen molar-refractivity contribution in [2.24, 2.45) is 0 Å². The van der Waals surface area contributed by atoms with Crippen LogP contribution in [0.1, 0.15) is 15.9 Å². The highest BCUT2D eigenvalue weighted by Crippen LogP contribution is 2.20. The van der Waals surface area contributed by atoms with Crippen molar-refractivity contribution in [2.75, 3.05) is 10.6 Å². The average molecular weight is 373 g/mol. The Balaban J connectivity index is 1.68. The third kappa shape index (κ3) is 4.47. The van der Waals surface area contributed by atoms with E-state index in [1.807, 2.05) is 19.1 Å². The summed E-state index contributed by atoms with van der Waals surface area (Å²) in [6.07, 6.45) is 2.93. The van der Waals surface area contributed by atoms with E-state index < -0.39 is 0 Å². The zero-order chi connectivity index (χ0) is 17.8. The van der Waals surface area contributed by atoms with Crippen molar-refractivity contribution in [1.82, 2.24) is 9.97 Å². The molecule has 5 nitrogen and oxygen atoms in total. The van der Waals surface area contributed by atoms with Gasteiger partial charge in [-0.3, -0.25) is 4.79 Å². The van der Waals surface area contributed by atoms with Crippen LogP contribution < -0.4 is 10.6 Å². The number of hydrogen-bond acceptors (Lipinski definition) is 4. The fourth-order valence-corrected chi connectivity index (χ4v) is 2.49. The van der Waals surface area contributed by atoms with Crippen molar-refractivity contribution in [2.45, 2.75) is 6.92 Å². The van der Waals surface area contributed by atoms with Gasteiger partial charge >= 0.3 is 0 Å². The molecule has 7 heteroatoms. The minimum atomic E-state index is -0.288. The third-order valence-electron chi connectivity index (χ3n) is 3.45. The van der Waals surface area contributed by atoms with Crippen LogP contribution in [0.15, 0.2) is 54.9 Å². The van der Waals surface area contributed by atoms with Crippen LogP contribution >= 0.6 is 23.2 Å². The van der Waals surface area contributed by atoms with Gasteiger partial charge in [0.15, 0.2) is 0 Å². The number of hydrogen-bond donors (Lipinski definition) is 2. The van der Waals surface area contributed by atoms with Crippen molar-refractivity contribution < 1.29 is 4.79 Å². The minimum absolute atomic E-state index is 0.288. The van der Waals surface area contributed by atoms with Gasteiger partial charge < -0.3 is 10.6 Å². The quantitative estimate of drug-likeness (QED) is 0.669. The van der Waals surface area contributed by atoms with Gasteiger partial charge in [0.25, 0.3) is 5.91 Å². The predicted molar refractivity (Wildman–Crippen MR) is 101 cm³/mol. The Hall–Kier alpha value is -2.63. The monoisotopic (exact) mass is 372 g/mol. The molecule has 3 aromatic rings. The van der Waals surface area contributed by atoms with Crippen molar-refractivity contribution in [3.8, 4) is 0 Å². The van der Waals surface area contributed by atoms with Crippen LogP contribution in [0, 0.1) is 6.92 Å². The summed E-state index contributed by atoms with van der Waals surface area (Å²) >= 11 is 11.8. The highest BCUT2D eigenvalue weighted by Gasteiger charge is 2.09.